The number of aryl methyl sites for hydroxylation is 1. The predicted octanol–water partition coefficient (Wildman–Crippen LogP) is 5.12. The predicted molar refractivity (Wildman–Crippen MR) is 81.2 cm³/mol. The summed E-state index contributed by atoms with van der Waals surface area (Å²) in [5, 5.41) is 0. The van der Waals surface area contributed by atoms with Crippen molar-refractivity contribution >= 4 is 6.16 Å². The molecule has 0 saturated carbocycles. The first-order valence-corrected chi connectivity index (χ1v) is 7.70. The van der Waals surface area contributed by atoms with Crippen LogP contribution in [0.2, 0.25) is 0 Å². The number of hydrogen-bond acceptors (Lipinski definition) is 3. The van der Waals surface area contributed by atoms with Gasteiger partial charge >= 0.3 is 6.16 Å². The van der Waals surface area contributed by atoms with Crippen LogP contribution >= 0.6 is 0 Å². The van der Waals surface area contributed by atoms with Crippen molar-refractivity contribution in [3.8, 4) is 5.75 Å². The molecule has 0 fully saturated rings. The number of para-hydroxylation sites is 1. The molecule has 0 N–H and O–H groups in total. The minimum atomic E-state index is -0.593. The Hall–Kier alpha value is -1.51. The third kappa shape index (κ3) is 6.60. The van der Waals surface area contributed by atoms with Crippen LogP contribution in [0.3, 0.4) is 0 Å². The third-order valence-corrected chi connectivity index (χ3v) is 3.15. The maximum atomic E-state index is 11.6. The Balaban J connectivity index is 2.28. The number of carbonyl (C=O) groups is 1. The van der Waals surface area contributed by atoms with E-state index in [1.807, 2.05) is 24.3 Å². The monoisotopic (exact) mass is 278 g/mol. The molecule has 0 amide bonds. The van der Waals surface area contributed by atoms with Gasteiger partial charge in [-0.15, -0.1) is 0 Å². The Kier molecular flexibility index (Phi) is 8.52. The van der Waals surface area contributed by atoms with Crippen LogP contribution in [0.15, 0.2) is 24.3 Å². The molecule has 0 heterocycles. The lowest BCUT2D eigenvalue weighted by Gasteiger charge is -2.09. The van der Waals surface area contributed by atoms with E-state index in [-0.39, 0.29) is 0 Å². The highest BCUT2D eigenvalue weighted by Gasteiger charge is 2.09. The molecule has 3 heteroatoms. The second-order valence-electron chi connectivity index (χ2n) is 4.97. The van der Waals surface area contributed by atoms with Crippen LogP contribution in [0.4, 0.5) is 4.79 Å². The van der Waals surface area contributed by atoms with Gasteiger partial charge in [0, 0.05) is 0 Å². The zero-order valence-electron chi connectivity index (χ0n) is 12.7. The molecular weight excluding hydrogens is 252 g/mol. The first-order chi connectivity index (χ1) is 9.77. The molecule has 3 nitrogen and oxygen atoms in total. The van der Waals surface area contributed by atoms with Gasteiger partial charge in [-0.05, 0) is 24.5 Å². The van der Waals surface area contributed by atoms with Gasteiger partial charge in [0.2, 0.25) is 0 Å². The highest BCUT2D eigenvalue weighted by atomic mass is 16.7. The van der Waals surface area contributed by atoms with Crippen molar-refractivity contribution in [1.82, 2.24) is 0 Å². The van der Waals surface area contributed by atoms with Gasteiger partial charge in [-0.1, -0.05) is 64.2 Å². The molecule has 0 bridgehead atoms. The average molecular weight is 278 g/mol. The van der Waals surface area contributed by atoms with Gasteiger partial charge in [-0.3, -0.25) is 0 Å². The summed E-state index contributed by atoms with van der Waals surface area (Å²) in [5.41, 5.74) is 1.05. The number of carbonyl (C=O) groups excluding carboxylic acids is 1. The summed E-state index contributed by atoms with van der Waals surface area (Å²) in [4.78, 5) is 11.6. The normalized spacial score (nSPS) is 10.3. The van der Waals surface area contributed by atoms with Gasteiger partial charge in [0.1, 0.15) is 5.75 Å². The minimum Gasteiger partial charge on any atom is -0.434 e. The molecule has 0 aliphatic heterocycles. The van der Waals surface area contributed by atoms with Gasteiger partial charge in [0.15, 0.2) is 0 Å². The van der Waals surface area contributed by atoms with Crippen molar-refractivity contribution in [3.05, 3.63) is 29.8 Å². The van der Waals surface area contributed by atoms with E-state index >= 15 is 0 Å². The Labute approximate surface area is 122 Å². The van der Waals surface area contributed by atoms with E-state index in [4.69, 9.17) is 9.47 Å². The van der Waals surface area contributed by atoms with E-state index < -0.39 is 6.16 Å². The topological polar surface area (TPSA) is 35.5 Å². The molecule has 112 valence electrons. The molecule has 0 saturated heterocycles. The van der Waals surface area contributed by atoms with Crippen LogP contribution in [-0.2, 0) is 11.2 Å². The molecule has 0 atom stereocenters. The Bertz CT molecular complexity index is 388. The molecule has 0 aliphatic carbocycles. The molecule has 0 unspecified atom stereocenters. The maximum absolute atomic E-state index is 11.6. The van der Waals surface area contributed by atoms with Crippen molar-refractivity contribution in [1.29, 1.82) is 0 Å². The molecule has 1 aromatic rings. The van der Waals surface area contributed by atoms with E-state index in [1.54, 1.807) is 0 Å². The van der Waals surface area contributed by atoms with Gasteiger partial charge in [0.05, 0.1) is 6.61 Å². The quantitative estimate of drug-likeness (QED) is 0.357. The lowest BCUT2D eigenvalue weighted by molar-refractivity contribution is 0.0969. The van der Waals surface area contributed by atoms with Gasteiger partial charge in [0.25, 0.3) is 0 Å². The number of rotatable bonds is 9. The zero-order valence-corrected chi connectivity index (χ0v) is 12.7. The molecule has 20 heavy (non-hydrogen) atoms. The Morgan fingerprint density at radius 3 is 2.50 bits per heavy atom. The zero-order chi connectivity index (χ0) is 14.6. The van der Waals surface area contributed by atoms with Crippen LogP contribution in [0.25, 0.3) is 0 Å². The van der Waals surface area contributed by atoms with Crippen LogP contribution < -0.4 is 4.74 Å². The summed E-state index contributed by atoms with van der Waals surface area (Å²) in [6, 6.07) is 7.62. The van der Waals surface area contributed by atoms with Crippen LogP contribution in [-0.4, -0.2) is 12.8 Å². The van der Waals surface area contributed by atoms with Crippen molar-refractivity contribution in [3.63, 3.8) is 0 Å². The fraction of sp³-hybridized carbons (Fsp3) is 0.588. The molecule has 0 aliphatic rings. The van der Waals surface area contributed by atoms with Crippen molar-refractivity contribution < 1.29 is 14.3 Å². The lowest BCUT2D eigenvalue weighted by Crippen LogP contribution is -2.12. The van der Waals surface area contributed by atoms with Crippen LogP contribution in [0.5, 0.6) is 5.75 Å². The molecular formula is C17H26O3. The molecule has 1 rings (SSSR count). The summed E-state index contributed by atoms with van der Waals surface area (Å²) in [6.45, 7) is 4.73. The number of unbranched alkanes of at least 4 members (excludes halogenated alkanes) is 4. The third-order valence-electron chi connectivity index (χ3n) is 3.15. The summed E-state index contributed by atoms with van der Waals surface area (Å²) < 4.78 is 10.4. The van der Waals surface area contributed by atoms with E-state index in [2.05, 4.69) is 13.8 Å². The highest BCUT2D eigenvalue weighted by molar-refractivity contribution is 5.64. The molecule has 0 aromatic heterocycles. The second kappa shape index (κ2) is 10.3. The van der Waals surface area contributed by atoms with Crippen LogP contribution in [0, 0.1) is 0 Å². The maximum Gasteiger partial charge on any atom is 0.513 e. The van der Waals surface area contributed by atoms with E-state index in [1.165, 1.54) is 19.3 Å². The number of ether oxygens (including phenoxy) is 2. The van der Waals surface area contributed by atoms with E-state index in [9.17, 15) is 4.79 Å². The molecule has 1 aromatic carbocycles. The second-order valence-corrected chi connectivity index (χ2v) is 4.97. The summed E-state index contributed by atoms with van der Waals surface area (Å²) in [7, 11) is 0. The van der Waals surface area contributed by atoms with Crippen LogP contribution in [0.1, 0.15) is 57.9 Å². The summed E-state index contributed by atoms with van der Waals surface area (Å²) in [5.74, 6) is 0.616. The fourth-order valence-corrected chi connectivity index (χ4v) is 2.06. The summed E-state index contributed by atoms with van der Waals surface area (Å²) >= 11 is 0. The highest BCUT2D eigenvalue weighted by Crippen LogP contribution is 2.20. The average Bonchev–Trinajstić information content (AvgIpc) is 2.45. The van der Waals surface area contributed by atoms with Gasteiger partial charge in [-0.25, -0.2) is 4.79 Å². The first kappa shape index (κ1) is 16.5. The van der Waals surface area contributed by atoms with Gasteiger partial charge in [-0.2, -0.15) is 0 Å². The standard InChI is InChI=1S/C17H26O3/c1-3-5-6-7-10-14-19-17(18)20-16-13-9-8-12-15(16)11-4-2/h8-9,12-13H,3-7,10-11,14H2,1-2H3. The van der Waals surface area contributed by atoms with Gasteiger partial charge < -0.3 is 9.47 Å². The smallest absolute Gasteiger partial charge is 0.434 e. The Morgan fingerprint density at radius 1 is 1.00 bits per heavy atom. The lowest BCUT2D eigenvalue weighted by atomic mass is 10.1. The number of benzene rings is 1. The minimum absolute atomic E-state index is 0.443. The molecule has 0 radical (unpaired) electrons. The first-order valence-electron chi connectivity index (χ1n) is 7.70. The fourth-order valence-electron chi connectivity index (χ4n) is 2.06. The van der Waals surface area contributed by atoms with E-state index in [0.29, 0.717) is 12.4 Å². The largest absolute Gasteiger partial charge is 0.513 e. The van der Waals surface area contributed by atoms with Crippen molar-refractivity contribution in [2.45, 2.75) is 58.8 Å². The SMILES string of the molecule is CCCCCCCOC(=O)Oc1ccccc1CCC. The van der Waals surface area contributed by atoms with Crippen molar-refractivity contribution in [2.75, 3.05) is 6.61 Å². The Morgan fingerprint density at radius 2 is 1.75 bits per heavy atom. The molecule has 0 spiro atoms. The van der Waals surface area contributed by atoms with Crippen molar-refractivity contribution in [2.24, 2.45) is 0 Å². The number of hydrogen-bond donors (Lipinski definition) is 0. The summed E-state index contributed by atoms with van der Waals surface area (Å²) in [6.07, 6.45) is 7.01. The van der Waals surface area contributed by atoms with E-state index in [0.717, 1.165) is 31.2 Å².